The normalized spacial score (nSPS) is 21.5. The van der Waals surface area contributed by atoms with E-state index in [-0.39, 0.29) is 5.41 Å². The molecule has 0 saturated heterocycles. The summed E-state index contributed by atoms with van der Waals surface area (Å²) in [6.45, 7) is 6.42. The summed E-state index contributed by atoms with van der Waals surface area (Å²) < 4.78 is 22.4. The Balaban J connectivity index is 2.69. The number of hydrogen-bond donors (Lipinski definition) is 0. The Bertz CT molecular complexity index is 268. The fourth-order valence-electron chi connectivity index (χ4n) is 1.92. The average Bonchev–Trinajstić information content (AvgIpc) is 2.58. The van der Waals surface area contributed by atoms with Crippen molar-refractivity contribution in [1.82, 2.24) is 0 Å². The van der Waals surface area contributed by atoms with Gasteiger partial charge >= 0.3 is 0 Å². The lowest BCUT2D eigenvalue weighted by molar-refractivity contribution is 0.234. The second kappa shape index (κ2) is 3.26. The topological polar surface area (TPSA) is 34.1 Å². The van der Waals surface area contributed by atoms with Crippen LogP contribution in [0.5, 0.6) is 0 Å². The first-order chi connectivity index (χ1) is 5.70. The third kappa shape index (κ3) is 3.67. The fourth-order valence-corrected chi connectivity index (χ4v) is 3.34. The smallest absolute Gasteiger partial charge is 0.147 e. The number of rotatable bonds is 3. The third-order valence-corrected chi connectivity index (χ3v) is 3.75. The van der Waals surface area contributed by atoms with Gasteiger partial charge in [-0.25, -0.2) is 8.42 Å². The van der Waals surface area contributed by atoms with Crippen molar-refractivity contribution < 1.29 is 8.42 Å². The molecule has 0 aromatic rings. The van der Waals surface area contributed by atoms with Crippen molar-refractivity contribution in [1.29, 1.82) is 0 Å². The maximum absolute atomic E-state index is 11.2. The molecule has 0 N–H and O–H groups in total. The molecule has 1 fully saturated rings. The predicted molar refractivity (Wildman–Crippen MR) is 55.4 cm³/mol. The standard InChI is InChI=1S/C10H20O2S/c1-10(2,3)9(8-5-6-8)7-13(4,11)12/h8-9H,5-7H2,1-4H3/t9-/m1/s1. The highest BCUT2D eigenvalue weighted by atomic mass is 32.2. The van der Waals surface area contributed by atoms with Crippen LogP contribution < -0.4 is 0 Å². The van der Waals surface area contributed by atoms with Gasteiger partial charge in [0.05, 0.1) is 5.75 Å². The minimum Gasteiger partial charge on any atom is -0.229 e. The molecule has 1 atom stereocenters. The van der Waals surface area contributed by atoms with E-state index >= 15 is 0 Å². The SMILES string of the molecule is CC(C)(C)[C@H](CS(C)(=O)=O)C1CC1. The Labute approximate surface area is 81.6 Å². The van der Waals surface area contributed by atoms with E-state index in [0.29, 0.717) is 17.6 Å². The zero-order valence-corrected chi connectivity index (χ0v) is 9.82. The van der Waals surface area contributed by atoms with E-state index in [1.165, 1.54) is 19.1 Å². The van der Waals surface area contributed by atoms with Crippen molar-refractivity contribution in [2.75, 3.05) is 12.0 Å². The van der Waals surface area contributed by atoms with Crippen molar-refractivity contribution in [2.45, 2.75) is 33.6 Å². The molecule has 1 aliphatic rings. The molecule has 0 radical (unpaired) electrons. The fraction of sp³-hybridized carbons (Fsp3) is 1.00. The molecule has 13 heavy (non-hydrogen) atoms. The Hall–Kier alpha value is -0.0500. The molecule has 0 heterocycles. The lowest BCUT2D eigenvalue weighted by atomic mass is 9.79. The first kappa shape index (κ1) is 11.0. The monoisotopic (exact) mass is 204 g/mol. The summed E-state index contributed by atoms with van der Waals surface area (Å²) in [5.41, 5.74) is 0.129. The molecular formula is C10H20O2S. The van der Waals surface area contributed by atoms with E-state index in [2.05, 4.69) is 20.8 Å². The molecule has 0 aromatic heterocycles. The lowest BCUT2D eigenvalue weighted by Crippen LogP contribution is -2.29. The molecule has 0 unspecified atom stereocenters. The summed E-state index contributed by atoms with van der Waals surface area (Å²) in [5, 5.41) is 0. The molecule has 1 saturated carbocycles. The van der Waals surface area contributed by atoms with Gasteiger partial charge in [-0.15, -0.1) is 0 Å². The molecule has 1 rings (SSSR count). The summed E-state index contributed by atoms with van der Waals surface area (Å²) in [5.74, 6) is 1.37. The summed E-state index contributed by atoms with van der Waals surface area (Å²) in [7, 11) is -2.81. The van der Waals surface area contributed by atoms with Crippen LogP contribution in [0.3, 0.4) is 0 Å². The predicted octanol–water partition coefficient (Wildman–Crippen LogP) is 2.10. The highest BCUT2D eigenvalue weighted by molar-refractivity contribution is 7.90. The second-order valence-corrected chi connectivity index (χ2v) is 7.59. The minimum absolute atomic E-state index is 0.129. The quantitative estimate of drug-likeness (QED) is 0.705. The molecule has 0 aromatic carbocycles. The van der Waals surface area contributed by atoms with Crippen molar-refractivity contribution in [3.63, 3.8) is 0 Å². The van der Waals surface area contributed by atoms with Gasteiger partial charge in [0.15, 0.2) is 0 Å². The van der Waals surface area contributed by atoms with Crippen LogP contribution in [-0.4, -0.2) is 20.4 Å². The van der Waals surface area contributed by atoms with Crippen LogP contribution in [0.1, 0.15) is 33.6 Å². The van der Waals surface area contributed by atoms with Crippen molar-refractivity contribution in [3.05, 3.63) is 0 Å². The van der Waals surface area contributed by atoms with Gasteiger partial charge in [0.25, 0.3) is 0 Å². The molecule has 0 amide bonds. The number of sulfone groups is 1. The molecule has 3 heteroatoms. The summed E-state index contributed by atoms with van der Waals surface area (Å²) in [4.78, 5) is 0. The van der Waals surface area contributed by atoms with Crippen molar-refractivity contribution in [3.8, 4) is 0 Å². The van der Waals surface area contributed by atoms with E-state index in [1.807, 2.05) is 0 Å². The first-order valence-electron chi connectivity index (χ1n) is 4.88. The molecule has 0 spiro atoms. The van der Waals surface area contributed by atoms with Crippen LogP contribution >= 0.6 is 0 Å². The van der Waals surface area contributed by atoms with Gasteiger partial charge < -0.3 is 0 Å². The van der Waals surface area contributed by atoms with Gasteiger partial charge in [-0.1, -0.05) is 20.8 Å². The average molecular weight is 204 g/mol. The molecule has 2 nitrogen and oxygen atoms in total. The third-order valence-electron chi connectivity index (χ3n) is 2.79. The molecule has 78 valence electrons. The van der Waals surface area contributed by atoms with Gasteiger partial charge in [-0.05, 0) is 30.1 Å². The Morgan fingerprint density at radius 1 is 1.31 bits per heavy atom. The minimum atomic E-state index is -2.81. The molecule has 0 aliphatic heterocycles. The van der Waals surface area contributed by atoms with Crippen LogP contribution in [0, 0.1) is 17.3 Å². The maximum atomic E-state index is 11.2. The van der Waals surface area contributed by atoms with E-state index < -0.39 is 9.84 Å². The Kier molecular flexibility index (Phi) is 2.77. The van der Waals surface area contributed by atoms with Crippen LogP contribution in [0.4, 0.5) is 0 Å². The summed E-state index contributed by atoms with van der Waals surface area (Å²) >= 11 is 0. The van der Waals surface area contributed by atoms with Crippen molar-refractivity contribution in [2.24, 2.45) is 17.3 Å². The van der Waals surface area contributed by atoms with Crippen LogP contribution in [0.25, 0.3) is 0 Å². The van der Waals surface area contributed by atoms with Gasteiger partial charge in [-0.2, -0.15) is 0 Å². The second-order valence-electron chi connectivity index (χ2n) is 5.40. The lowest BCUT2D eigenvalue weighted by Gasteiger charge is -2.30. The largest absolute Gasteiger partial charge is 0.229 e. The van der Waals surface area contributed by atoms with E-state index in [9.17, 15) is 8.42 Å². The Morgan fingerprint density at radius 3 is 2.00 bits per heavy atom. The van der Waals surface area contributed by atoms with E-state index in [1.54, 1.807) is 0 Å². The highest BCUT2D eigenvalue weighted by Gasteiger charge is 2.40. The first-order valence-corrected chi connectivity index (χ1v) is 6.94. The summed E-state index contributed by atoms with van der Waals surface area (Å²) in [6.07, 6.45) is 3.78. The molecular weight excluding hydrogens is 184 g/mol. The zero-order valence-electron chi connectivity index (χ0n) is 9.00. The van der Waals surface area contributed by atoms with Gasteiger partial charge in [-0.3, -0.25) is 0 Å². The highest BCUT2D eigenvalue weighted by Crippen LogP contribution is 2.45. The molecule has 0 bridgehead atoms. The van der Waals surface area contributed by atoms with E-state index in [4.69, 9.17) is 0 Å². The van der Waals surface area contributed by atoms with Crippen LogP contribution in [-0.2, 0) is 9.84 Å². The zero-order chi connectivity index (χ0) is 10.3. The summed E-state index contributed by atoms with van der Waals surface area (Å²) in [6, 6.07) is 0. The molecule has 1 aliphatic carbocycles. The van der Waals surface area contributed by atoms with Gasteiger partial charge in [0, 0.05) is 6.26 Å². The van der Waals surface area contributed by atoms with Gasteiger partial charge in [0.2, 0.25) is 0 Å². The van der Waals surface area contributed by atoms with Crippen LogP contribution in [0.2, 0.25) is 0 Å². The maximum Gasteiger partial charge on any atom is 0.147 e. The number of hydrogen-bond acceptors (Lipinski definition) is 2. The van der Waals surface area contributed by atoms with E-state index in [0.717, 1.165) is 0 Å². The van der Waals surface area contributed by atoms with Crippen molar-refractivity contribution >= 4 is 9.84 Å². The van der Waals surface area contributed by atoms with Crippen LogP contribution in [0.15, 0.2) is 0 Å². The Morgan fingerprint density at radius 2 is 1.77 bits per heavy atom. The van der Waals surface area contributed by atoms with Gasteiger partial charge in [0.1, 0.15) is 9.84 Å².